The first-order valence-electron chi connectivity index (χ1n) is 20.8. The van der Waals surface area contributed by atoms with Gasteiger partial charge in [0.25, 0.3) is 17.7 Å². The van der Waals surface area contributed by atoms with Crippen molar-refractivity contribution in [2.24, 2.45) is 26.1 Å². The third kappa shape index (κ3) is 9.89. The number of fused-ring (bicyclic) bond motifs is 4. The van der Waals surface area contributed by atoms with Crippen molar-refractivity contribution in [2.45, 2.75) is 71.4 Å². The molecule has 7 rings (SSSR count). The predicted octanol–water partition coefficient (Wildman–Crippen LogP) is 6.71. The number of aromatic nitrogens is 3. The largest absolute Gasteiger partial charge is 0.493 e. The minimum Gasteiger partial charge on any atom is -0.493 e. The molecule has 0 unspecified atom stereocenters. The summed E-state index contributed by atoms with van der Waals surface area (Å²) in [5.41, 5.74) is 6.44. The molecule has 2 aromatic carbocycles. The first kappa shape index (κ1) is 43.4. The molecule has 0 bridgehead atoms. The Hall–Kier alpha value is -6.74. The van der Waals surface area contributed by atoms with Gasteiger partial charge in [-0.3, -0.25) is 33.9 Å². The van der Waals surface area contributed by atoms with Crippen LogP contribution in [0.5, 0.6) is 5.75 Å². The maximum absolute atomic E-state index is 13.6. The van der Waals surface area contributed by atoms with E-state index in [9.17, 15) is 24.0 Å². The van der Waals surface area contributed by atoms with Crippen molar-refractivity contribution >= 4 is 58.4 Å². The standard InChI is InChI=1S/C47H54N8O7/c1-29-18-35-36(49-25-34-21-31-12-8-9-13-37(31)55(34)46(35)60)24-42(29)61-16-10-14-43(57)50-32-22-38(53(6)27-32)41(56)20-30-19-39(52(5)26-30)45(59)51-33-23-40(54(7)28-33)44(58)48-15-11-17-62-47(2,3)4/h8-9,12-13,18-19,22-28,34H,10-11,14-17,20-21H2,1-7H3,(H,48,58)(H,50,57)(H,51,59)/t34-/m0/s1. The number of aryl methyl sites for hydroxylation is 4. The van der Waals surface area contributed by atoms with Crippen LogP contribution in [-0.4, -0.2) is 80.7 Å². The molecule has 0 aliphatic carbocycles. The van der Waals surface area contributed by atoms with Gasteiger partial charge in [0.05, 0.1) is 46.6 Å². The molecule has 2 aliphatic rings. The second kappa shape index (κ2) is 18.1. The summed E-state index contributed by atoms with van der Waals surface area (Å²) >= 11 is 0. The zero-order valence-electron chi connectivity index (χ0n) is 36.3. The number of para-hydroxylation sites is 1. The maximum atomic E-state index is 13.6. The van der Waals surface area contributed by atoms with Crippen LogP contribution in [0.4, 0.5) is 22.7 Å². The van der Waals surface area contributed by atoms with Crippen molar-refractivity contribution in [2.75, 3.05) is 35.3 Å². The van der Waals surface area contributed by atoms with Crippen LogP contribution in [0.25, 0.3) is 0 Å². The van der Waals surface area contributed by atoms with Crippen LogP contribution >= 0.6 is 0 Å². The summed E-state index contributed by atoms with van der Waals surface area (Å²) < 4.78 is 16.7. The highest BCUT2D eigenvalue weighted by atomic mass is 16.5. The molecule has 15 nitrogen and oxygen atoms in total. The van der Waals surface area contributed by atoms with Crippen LogP contribution in [-0.2, 0) is 43.5 Å². The van der Waals surface area contributed by atoms with E-state index < -0.39 is 0 Å². The molecule has 0 spiro atoms. The first-order chi connectivity index (χ1) is 29.5. The van der Waals surface area contributed by atoms with Gasteiger partial charge in [-0.05, 0) is 87.6 Å². The predicted molar refractivity (Wildman–Crippen MR) is 238 cm³/mol. The smallest absolute Gasteiger partial charge is 0.272 e. The third-order valence-electron chi connectivity index (χ3n) is 10.8. The molecule has 3 aromatic heterocycles. The van der Waals surface area contributed by atoms with Crippen molar-refractivity contribution in [3.63, 3.8) is 0 Å². The molecule has 324 valence electrons. The number of benzene rings is 2. The highest BCUT2D eigenvalue weighted by Crippen LogP contribution is 2.38. The molecule has 0 fully saturated rings. The van der Waals surface area contributed by atoms with Gasteiger partial charge in [0, 0.05) is 90.1 Å². The number of hydrogen-bond acceptors (Lipinski definition) is 8. The van der Waals surface area contributed by atoms with Gasteiger partial charge in [-0.1, -0.05) is 18.2 Å². The molecule has 5 heterocycles. The van der Waals surface area contributed by atoms with Crippen LogP contribution in [0.2, 0.25) is 0 Å². The van der Waals surface area contributed by atoms with Crippen LogP contribution in [0.15, 0.2) is 78.2 Å². The fourth-order valence-corrected chi connectivity index (χ4v) is 7.78. The average molecular weight is 843 g/mol. The average Bonchev–Trinajstić information content (AvgIpc) is 3.96. The summed E-state index contributed by atoms with van der Waals surface area (Å²) in [5, 5.41) is 8.62. The van der Waals surface area contributed by atoms with Gasteiger partial charge in [-0.2, -0.15) is 0 Å². The molecule has 15 heteroatoms. The summed E-state index contributed by atoms with van der Waals surface area (Å²) in [5.74, 6) is -0.531. The van der Waals surface area contributed by atoms with Gasteiger partial charge in [0.1, 0.15) is 17.1 Å². The zero-order valence-corrected chi connectivity index (χ0v) is 36.3. The number of nitrogens with zero attached hydrogens (tertiary/aromatic N) is 5. The second-order valence-corrected chi connectivity index (χ2v) is 16.9. The molecule has 2 aliphatic heterocycles. The number of nitrogens with one attached hydrogen (secondary N) is 3. The molecular formula is C47H54N8O7. The van der Waals surface area contributed by atoms with Gasteiger partial charge in [0.15, 0.2) is 5.78 Å². The quantitative estimate of drug-likeness (QED) is 0.0733. The molecule has 62 heavy (non-hydrogen) atoms. The summed E-state index contributed by atoms with van der Waals surface area (Å²) in [6.45, 7) is 9.10. The Balaban J connectivity index is 0.871. The lowest BCUT2D eigenvalue weighted by atomic mass is 10.1. The number of anilines is 3. The number of carbonyl (C=O) groups excluding carboxylic acids is 5. The summed E-state index contributed by atoms with van der Waals surface area (Å²) in [6.07, 6.45) is 8.97. The van der Waals surface area contributed by atoms with E-state index in [1.807, 2.05) is 69.1 Å². The third-order valence-corrected chi connectivity index (χ3v) is 10.8. The molecule has 0 radical (unpaired) electrons. The van der Waals surface area contributed by atoms with E-state index in [0.29, 0.717) is 77.0 Å². The first-order valence-corrected chi connectivity index (χ1v) is 20.8. The lowest BCUT2D eigenvalue weighted by Crippen LogP contribution is -2.37. The number of rotatable bonds is 16. The van der Waals surface area contributed by atoms with Crippen molar-refractivity contribution in [3.8, 4) is 5.75 Å². The SMILES string of the molecule is Cc1cc2c(cc1OCCCC(=O)Nc1cc(C(=O)Cc3cc(C(=O)Nc4cc(C(=O)NCCCOC(C)(C)C)n(C)c4)n(C)c3)n(C)c1)N=C[C@@H]1Cc3ccccc3N1C2=O. The molecular weight excluding hydrogens is 789 g/mol. The summed E-state index contributed by atoms with van der Waals surface area (Å²) in [4.78, 5) is 72.6. The van der Waals surface area contributed by atoms with E-state index in [-0.39, 0.29) is 60.5 Å². The van der Waals surface area contributed by atoms with Crippen molar-refractivity contribution < 1.29 is 33.4 Å². The number of hydrogen-bond donors (Lipinski definition) is 3. The number of carbonyl (C=O) groups is 5. The van der Waals surface area contributed by atoms with Crippen molar-refractivity contribution in [3.05, 3.63) is 113 Å². The Labute approximate surface area is 361 Å². The minimum absolute atomic E-state index is 0.0362. The van der Waals surface area contributed by atoms with Gasteiger partial charge in [-0.15, -0.1) is 0 Å². The van der Waals surface area contributed by atoms with E-state index >= 15 is 0 Å². The highest BCUT2D eigenvalue weighted by Gasteiger charge is 2.36. The van der Waals surface area contributed by atoms with Crippen LogP contribution in [0.3, 0.4) is 0 Å². The maximum Gasteiger partial charge on any atom is 0.272 e. The second-order valence-electron chi connectivity index (χ2n) is 16.9. The zero-order chi connectivity index (χ0) is 44.3. The van der Waals surface area contributed by atoms with E-state index in [1.165, 1.54) is 0 Å². The lowest BCUT2D eigenvalue weighted by Gasteiger charge is -2.21. The molecule has 0 saturated heterocycles. The van der Waals surface area contributed by atoms with Gasteiger partial charge in [0.2, 0.25) is 5.91 Å². The van der Waals surface area contributed by atoms with Crippen molar-refractivity contribution in [1.29, 1.82) is 0 Å². The van der Waals surface area contributed by atoms with E-state index in [4.69, 9.17) is 9.47 Å². The Morgan fingerprint density at radius 2 is 1.52 bits per heavy atom. The molecule has 1 atom stereocenters. The monoisotopic (exact) mass is 842 g/mol. The van der Waals surface area contributed by atoms with Crippen LogP contribution < -0.4 is 25.6 Å². The highest BCUT2D eigenvalue weighted by molar-refractivity contribution is 6.14. The molecule has 4 amide bonds. The fourth-order valence-electron chi connectivity index (χ4n) is 7.78. The van der Waals surface area contributed by atoms with E-state index in [0.717, 1.165) is 23.2 Å². The van der Waals surface area contributed by atoms with E-state index in [1.54, 1.807) is 77.7 Å². The topological polar surface area (TPSA) is 170 Å². The summed E-state index contributed by atoms with van der Waals surface area (Å²) in [6, 6.07) is 16.3. The number of aliphatic imine (C=N–C) groups is 1. The Morgan fingerprint density at radius 3 is 2.29 bits per heavy atom. The van der Waals surface area contributed by atoms with Gasteiger partial charge in [-0.25, -0.2) is 0 Å². The number of ketones is 1. The van der Waals surface area contributed by atoms with Gasteiger partial charge < -0.3 is 39.1 Å². The van der Waals surface area contributed by atoms with E-state index in [2.05, 4.69) is 20.9 Å². The van der Waals surface area contributed by atoms with Crippen LogP contribution in [0.1, 0.15) is 98.5 Å². The number of Topliss-reactive ketones (excluding diaryl/α,β-unsaturated/α-hetero) is 1. The Kier molecular flexibility index (Phi) is 12.6. The summed E-state index contributed by atoms with van der Waals surface area (Å²) in [7, 11) is 5.20. The molecule has 5 aromatic rings. The normalized spacial score (nSPS) is 14.2. The Morgan fingerprint density at radius 1 is 0.823 bits per heavy atom. The Bertz CT molecular complexity index is 2570. The number of ether oxygens (including phenoxy) is 2. The number of amides is 4. The molecule has 3 N–H and O–H groups in total. The fraction of sp³-hybridized carbons (Fsp3) is 0.362. The van der Waals surface area contributed by atoms with Crippen molar-refractivity contribution in [1.82, 2.24) is 19.0 Å². The van der Waals surface area contributed by atoms with Crippen LogP contribution in [0, 0.1) is 6.92 Å². The molecule has 0 saturated carbocycles. The minimum atomic E-state index is -0.386. The van der Waals surface area contributed by atoms with Gasteiger partial charge >= 0.3 is 0 Å². The lowest BCUT2D eigenvalue weighted by molar-refractivity contribution is -0.116.